The molecule has 2 rings (SSSR count). The number of anilines is 1. The predicted octanol–water partition coefficient (Wildman–Crippen LogP) is 3.94. The summed E-state index contributed by atoms with van der Waals surface area (Å²) < 4.78 is 2.06. The van der Waals surface area contributed by atoms with E-state index < -0.39 is 0 Å². The van der Waals surface area contributed by atoms with Crippen molar-refractivity contribution >= 4 is 46.7 Å². The van der Waals surface area contributed by atoms with E-state index in [1.165, 1.54) is 11.8 Å². The van der Waals surface area contributed by atoms with Gasteiger partial charge >= 0.3 is 0 Å². The third-order valence-electron chi connectivity index (χ3n) is 3.01. The fourth-order valence-corrected chi connectivity index (χ4v) is 3.45. The molecule has 5 nitrogen and oxygen atoms in total. The molecule has 1 amide bonds. The molecule has 1 N–H and O–H groups in total. The first kappa shape index (κ1) is 18.2. The molecule has 2 aromatic rings. The van der Waals surface area contributed by atoms with E-state index >= 15 is 0 Å². The molecule has 0 aliphatic heterocycles. The van der Waals surface area contributed by atoms with E-state index in [0.717, 1.165) is 34.7 Å². The van der Waals surface area contributed by atoms with Crippen molar-refractivity contribution in [2.45, 2.75) is 31.3 Å². The summed E-state index contributed by atoms with van der Waals surface area (Å²) in [6, 6.07) is 7.05. The zero-order chi connectivity index (χ0) is 16.7. The van der Waals surface area contributed by atoms with Crippen molar-refractivity contribution in [3.63, 3.8) is 0 Å². The van der Waals surface area contributed by atoms with Gasteiger partial charge in [0.2, 0.25) is 5.91 Å². The number of hydrogen-bond donors (Lipinski definition) is 1. The van der Waals surface area contributed by atoms with Crippen LogP contribution in [-0.4, -0.2) is 32.2 Å². The van der Waals surface area contributed by atoms with Gasteiger partial charge in [-0.1, -0.05) is 30.3 Å². The normalized spacial score (nSPS) is 10.7. The fraction of sp³-hybridized carbons (Fsp3) is 0.400. The summed E-state index contributed by atoms with van der Waals surface area (Å²) in [5.74, 6) is 3.06. The summed E-state index contributed by atoms with van der Waals surface area (Å²) in [6.07, 6.45) is 0. The third-order valence-corrected chi connectivity index (χ3v) is 5.09. The molecule has 0 saturated heterocycles. The summed E-state index contributed by atoms with van der Waals surface area (Å²) in [5, 5.41) is 12.7. The van der Waals surface area contributed by atoms with Crippen LogP contribution in [0.3, 0.4) is 0 Å². The molecular formula is C15H19ClN4OS2. The highest BCUT2D eigenvalue weighted by Crippen LogP contribution is 2.20. The highest BCUT2D eigenvalue weighted by molar-refractivity contribution is 7.99. The molecule has 1 heterocycles. The highest BCUT2D eigenvalue weighted by Gasteiger charge is 2.13. The quantitative estimate of drug-likeness (QED) is 0.713. The number of carbonyl (C=O) groups excluding carboxylic acids is 1. The van der Waals surface area contributed by atoms with Crippen LogP contribution < -0.4 is 5.32 Å². The van der Waals surface area contributed by atoms with Crippen LogP contribution in [0.2, 0.25) is 5.02 Å². The standard InChI is InChI=1S/C15H19ClN4OS2/c1-3-20-13(9-22-4-2)18-19-15(20)23-10-14(21)17-12-7-5-11(16)6-8-12/h5-8H,3-4,9-10H2,1-2H3,(H,17,21). The van der Waals surface area contributed by atoms with Crippen LogP contribution in [0.1, 0.15) is 19.7 Å². The number of halogens is 1. The first-order valence-electron chi connectivity index (χ1n) is 7.32. The van der Waals surface area contributed by atoms with Gasteiger partial charge in [0.1, 0.15) is 5.82 Å². The predicted molar refractivity (Wildman–Crippen MR) is 98.3 cm³/mol. The van der Waals surface area contributed by atoms with Crippen LogP contribution in [0.5, 0.6) is 0 Å². The number of nitrogens with one attached hydrogen (secondary N) is 1. The van der Waals surface area contributed by atoms with Crippen LogP contribution in [0.15, 0.2) is 29.4 Å². The summed E-state index contributed by atoms with van der Waals surface area (Å²) in [5.41, 5.74) is 0.733. The Morgan fingerprint density at radius 1 is 1.26 bits per heavy atom. The van der Waals surface area contributed by atoms with Crippen LogP contribution in [0.4, 0.5) is 5.69 Å². The van der Waals surface area contributed by atoms with Gasteiger partial charge in [0, 0.05) is 17.3 Å². The lowest BCUT2D eigenvalue weighted by atomic mass is 10.3. The average molecular weight is 371 g/mol. The number of thioether (sulfide) groups is 2. The molecule has 0 atom stereocenters. The van der Waals surface area contributed by atoms with E-state index in [2.05, 4.69) is 33.9 Å². The second-order valence-corrected chi connectivity index (χ2v) is 7.28. The molecule has 0 aliphatic carbocycles. The largest absolute Gasteiger partial charge is 0.325 e. The molecule has 0 unspecified atom stereocenters. The van der Waals surface area contributed by atoms with Crippen molar-refractivity contribution in [1.82, 2.24) is 14.8 Å². The minimum Gasteiger partial charge on any atom is -0.325 e. The molecule has 0 aliphatic rings. The number of carbonyl (C=O) groups is 1. The maximum Gasteiger partial charge on any atom is 0.234 e. The van der Waals surface area contributed by atoms with Gasteiger partial charge in [-0.2, -0.15) is 11.8 Å². The number of aromatic nitrogens is 3. The Labute approximate surface area is 149 Å². The van der Waals surface area contributed by atoms with Crippen LogP contribution in [0.25, 0.3) is 0 Å². The van der Waals surface area contributed by atoms with Gasteiger partial charge in [-0.15, -0.1) is 10.2 Å². The summed E-state index contributed by atoms with van der Waals surface area (Å²) in [6.45, 7) is 4.98. The molecule has 1 aromatic heterocycles. The minimum atomic E-state index is -0.0764. The lowest BCUT2D eigenvalue weighted by Gasteiger charge is -2.07. The Morgan fingerprint density at radius 2 is 2.00 bits per heavy atom. The van der Waals surface area contributed by atoms with E-state index in [9.17, 15) is 4.79 Å². The molecule has 124 valence electrons. The second kappa shape index (κ2) is 9.20. The first-order valence-corrected chi connectivity index (χ1v) is 9.83. The lowest BCUT2D eigenvalue weighted by Crippen LogP contribution is -2.14. The number of benzene rings is 1. The van der Waals surface area contributed by atoms with Gasteiger partial charge in [0.05, 0.1) is 11.5 Å². The molecule has 0 fully saturated rings. The Bertz CT molecular complexity index is 645. The monoisotopic (exact) mass is 370 g/mol. The molecule has 0 radical (unpaired) electrons. The van der Waals surface area contributed by atoms with E-state index in [-0.39, 0.29) is 5.91 Å². The Morgan fingerprint density at radius 3 is 2.65 bits per heavy atom. The molecule has 0 saturated carbocycles. The SMILES string of the molecule is CCSCc1nnc(SCC(=O)Nc2ccc(Cl)cc2)n1CC. The number of hydrogen-bond acceptors (Lipinski definition) is 5. The van der Waals surface area contributed by atoms with Gasteiger partial charge in [-0.25, -0.2) is 0 Å². The van der Waals surface area contributed by atoms with Crippen molar-refractivity contribution in [3.05, 3.63) is 35.1 Å². The second-order valence-electron chi connectivity index (χ2n) is 4.62. The average Bonchev–Trinajstić information content (AvgIpc) is 2.95. The topological polar surface area (TPSA) is 59.8 Å². The maximum absolute atomic E-state index is 12.0. The fourth-order valence-electron chi connectivity index (χ4n) is 1.90. The molecule has 0 bridgehead atoms. The minimum absolute atomic E-state index is 0.0764. The van der Waals surface area contributed by atoms with E-state index in [1.807, 2.05) is 11.8 Å². The van der Waals surface area contributed by atoms with E-state index in [0.29, 0.717) is 10.8 Å². The van der Waals surface area contributed by atoms with Gasteiger partial charge in [-0.3, -0.25) is 4.79 Å². The maximum atomic E-state index is 12.0. The van der Waals surface area contributed by atoms with Crippen molar-refractivity contribution in [1.29, 1.82) is 0 Å². The van der Waals surface area contributed by atoms with Crippen molar-refractivity contribution < 1.29 is 4.79 Å². The van der Waals surface area contributed by atoms with Crippen LogP contribution in [0, 0.1) is 0 Å². The Balaban J connectivity index is 1.91. The molecule has 23 heavy (non-hydrogen) atoms. The molecule has 8 heteroatoms. The highest BCUT2D eigenvalue weighted by atomic mass is 35.5. The van der Waals surface area contributed by atoms with Gasteiger partial charge < -0.3 is 9.88 Å². The van der Waals surface area contributed by atoms with Crippen molar-refractivity contribution in [2.24, 2.45) is 0 Å². The van der Waals surface area contributed by atoms with Crippen molar-refractivity contribution in [3.8, 4) is 0 Å². The third kappa shape index (κ3) is 5.44. The lowest BCUT2D eigenvalue weighted by molar-refractivity contribution is -0.113. The zero-order valence-electron chi connectivity index (χ0n) is 13.1. The number of nitrogens with zero attached hydrogens (tertiary/aromatic N) is 3. The summed E-state index contributed by atoms with van der Waals surface area (Å²) in [7, 11) is 0. The Kier molecular flexibility index (Phi) is 7.26. The summed E-state index contributed by atoms with van der Waals surface area (Å²) in [4.78, 5) is 12.0. The van der Waals surface area contributed by atoms with E-state index in [4.69, 9.17) is 11.6 Å². The van der Waals surface area contributed by atoms with Gasteiger partial charge in [0.25, 0.3) is 0 Å². The van der Waals surface area contributed by atoms with Crippen LogP contribution >= 0.6 is 35.1 Å². The van der Waals surface area contributed by atoms with Gasteiger partial charge in [-0.05, 0) is 36.9 Å². The summed E-state index contributed by atoms with van der Waals surface area (Å²) >= 11 is 9.03. The first-order chi connectivity index (χ1) is 11.1. The molecular weight excluding hydrogens is 352 g/mol. The number of rotatable bonds is 8. The zero-order valence-corrected chi connectivity index (χ0v) is 15.5. The number of amides is 1. The van der Waals surface area contributed by atoms with Crippen molar-refractivity contribution in [2.75, 3.05) is 16.8 Å². The van der Waals surface area contributed by atoms with Gasteiger partial charge in [0.15, 0.2) is 5.16 Å². The smallest absolute Gasteiger partial charge is 0.234 e. The molecule has 0 spiro atoms. The van der Waals surface area contributed by atoms with E-state index in [1.54, 1.807) is 24.3 Å². The Hall–Kier alpha value is -1.18. The van der Waals surface area contributed by atoms with Crippen LogP contribution in [-0.2, 0) is 17.1 Å². The molecule has 1 aromatic carbocycles.